The second-order valence-corrected chi connectivity index (χ2v) is 32.2. The lowest BCUT2D eigenvalue weighted by Gasteiger charge is -2.39. The van der Waals surface area contributed by atoms with Crippen molar-refractivity contribution in [3.05, 3.63) is 147 Å². The molecular weight excluding hydrogens is 1430 g/mol. The largest absolute Gasteiger partial charge is 0.391 e. The van der Waals surface area contributed by atoms with Gasteiger partial charge in [0.25, 0.3) is 0 Å². The van der Waals surface area contributed by atoms with E-state index in [9.17, 15) is 14.7 Å². The van der Waals surface area contributed by atoms with E-state index in [1.165, 1.54) is 85.9 Å². The summed E-state index contributed by atoms with van der Waals surface area (Å²) in [6.07, 6.45) is 16.5. The van der Waals surface area contributed by atoms with E-state index in [2.05, 4.69) is 59.5 Å². The van der Waals surface area contributed by atoms with Crippen LogP contribution in [0, 0.1) is 23.7 Å². The van der Waals surface area contributed by atoms with Crippen molar-refractivity contribution in [3.63, 3.8) is 0 Å². The van der Waals surface area contributed by atoms with Crippen LogP contribution in [0.3, 0.4) is 0 Å². The van der Waals surface area contributed by atoms with E-state index in [1.54, 1.807) is 106 Å². The van der Waals surface area contributed by atoms with Crippen LogP contribution in [-0.4, -0.2) is 250 Å². The summed E-state index contributed by atoms with van der Waals surface area (Å²) in [5.41, 5.74) is 0.378. The van der Waals surface area contributed by atoms with Crippen LogP contribution in [0.15, 0.2) is 141 Å². The molecule has 112 heavy (non-hydrogen) atoms. The number of amides is 12. The second kappa shape index (κ2) is 47.1. The zero-order valence-corrected chi connectivity index (χ0v) is 70.0. The molecule has 2 saturated heterocycles. The molecule has 12 atom stereocenters. The summed E-state index contributed by atoms with van der Waals surface area (Å²) in [6.45, 7) is 40.9. The summed E-state index contributed by atoms with van der Waals surface area (Å²) in [6, 6.07) is -7.30. The summed E-state index contributed by atoms with van der Waals surface area (Å²) < 4.78 is 6.28. The van der Waals surface area contributed by atoms with Crippen LogP contribution in [-0.2, 0) is 68.7 Å². The fraction of sp³-hybridized carbons (Fsp3) is 0.581. The molecule has 2 fully saturated rings. The first-order valence-corrected chi connectivity index (χ1v) is 39.2. The van der Waals surface area contributed by atoms with E-state index < -0.39 is 162 Å². The van der Waals surface area contributed by atoms with Crippen molar-refractivity contribution in [1.29, 1.82) is 0 Å². The number of benzene rings is 1. The number of hydrogen-bond acceptors (Lipinski definition) is 14. The van der Waals surface area contributed by atoms with Crippen molar-refractivity contribution in [1.82, 2.24) is 60.9 Å². The fourth-order valence-corrected chi connectivity index (χ4v) is 13.4. The van der Waals surface area contributed by atoms with Gasteiger partial charge in [-0.25, -0.2) is 0 Å². The Kier molecular flexibility index (Phi) is 40.6. The Labute approximate surface area is 666 Å². The zero-order chi connectivity index (χ0) is 84.6. The highest BCUT2D eigenvalue weighted by Gasteiger charge is 2.45. The highest BCUT2D eigenvalue weighted by molar-refractivity contribution is 6.00. The summed E-state index contributed by atoms with van der Waals surface area (Å²) in [5.74, 6) is -10.6. The maximum Gasteiger partial charge on any atom is 0.248 e. The summed E-state index contributed by atoms with van der Waals surface area (Å²) in [5, 5.41) is 25.7. The Morgan fingerprint density at radius 2 is 0.920 bits per heavy atom. The molecule has 0 spiro atoms. The summed E-state index contributed by atoms with van der Waals surface area (Å²) >= 11 is 0. The molecule has 4 unspecified atom stereocenters. The Bertz CT molecular complexity index is 3550. The number of hydrogen-bond donors (Lipinski definition) is 6. The number of aliphatic hydroxyl groups is 1. The van der Waals surface area contributed by atoms with E-state index in [4.69, 9.17) is 4.74 Å². The van der Waals surface area contributed by atoms with E-state index in [0.717, 1.165) is 16.2 Å². The van der Waals surface area contributed by atoms with Crippen molar-refractivity contribution in [2.24, 2.45) is 23.7 Å². The molecule has 2 aliphatic heterocycles. The van der Waals surface area contributed by atoms with Gasteiger partial charge in [0, 0.05) is 74.6 Å². The van der Waals surface area contributed by atoms with Crippen LogP contribution < -0.4 is 26.6 Å². The van der Waals surface area contributed by atoms with Crippen molar-refractivity contribution in [3.8, 4) is 0 Å². The second-order valence-electron chi connectivity index (χ2n) is 32.2. The maximum absolute atomic E-state index is 15.8. The van der Waals surface area contributed by atoms with Gasteiger partial charge in [0.1, 0.15) is 66.5 Å². The van der Waals surface area contributed by atoms with Gasteiger partial charge in [0.15, 0.2) is 0 Å². The molecule has 6 N–H and O–H groups in total. The summed E-state index contributed by atoms with van der Waals surface area (Å²) in [4.78, 5) is 193. The number of nitrogens with one attached hydrogen (secondary N) is 5. The first-order chi connectivity index (χ1) is 52.5. The number of carbonyl (C=O) groups is 12. The number of likely N-dealkylation sites (N-methyl/N-ethyl adjacent to an activating group) is 6. The number of nitrogens with zero attached hydrogens (tertiary/aromatic N) is 7. The molecule has 26 nitrogen and oxygen atoms in total. The highest BCUT2D eigenvalue weighted by atomic mass is 16.5. The van der Waals surface area contributed by atoms with Gasteiger partial charge in [-0.1, -0.05) is 197 Å². The predicted molar refractivity (Wildman–Crippen MR) is 439 cm³/mol. The van der Waals surface area contributed by atoms with Gasteiger partial charge in [-0.15, -0.1) is 0 Å². The van der Waals surface area contributed by atoms with Gasteiger partial charge in [0.05, 0.1) is 24.7 Å². The number of aliphatic hydroxyl groups excluding tert-OH is 1. The molecule has 620 valence electrons. The normalized spacial score (nSPS) is 24.5. The number of allylic oxidation sites excluding steroid dienone is 10. The van der Waals surface area contributed by atoms with E-state index in [-0.39, 0.29) is 75.0 Å². The van der Waals surface area contributed by atoms with Gasteiger partial charge < -0.3 is 70.7 Å². The minimum Gasteiger partial charge on any atom is -0.391 e. The third-order valence-corrected chi connectivity index (χ3v) is 19.7. The SMILES string of the molecule is C=C/C=C\C=C\C[C@H]1C(=O)N[C@@H](COC(C)(C)C)C(=O)N(C)[C@@H](Cc2ccccc2)C(=O)N[C@@H](CC(C)C)C(=O)N(C)[C@@H](CC(C)C)C(=O)NC(C(C)O)C(=O)N(C)[C@@H](CC(=C)/C=C\C=C)C(=O)NC(C(=O)N2CCCCC2)CC(=O)NC(CC(C)C)C(=O)N(C)[C@@H](CC(C)C)C(=O)N(C)[C@@H](CC(=C)/C=C\C=C)C(=O)N1C. The molecule has 0 aliphatic carbocycles. The van der Waals surface area contributed by atoms with Crippen LogP contribution in [0.5, 0.6) is 0 Å². The van der Waals surface area contributed by atoms with Crippen molar-refractivity contribution < 1.29 is 67.4 Å². The van der Waals surface area contributed by atoms with Crippen molar-refractivity contribution in [2.75, 3.05) is 62.0 Å². The van der Waals surface area contributed by atoms with Gasteiger partial charge in [-0.3, -0.25) is 57.5 Å². The number of piperidine rings is 1. The molecule has 0 radical (unpaired) electrons. The van der Waals surface area contributed by atoms with Gasteiger partial charge in [-0.05, 0) is 108 Å². The number of rotatable bonds is 26. The first-order valence-electron chi connectivity index (χ1n) is 39.2. The maximum atomic E-state index is 15.8. The zero-order valence-electron chi connectivity index (χ0n) is 70.0. The molecule has 1 aromatic carbocycles. The topological polar surface area (TPSA) is 317 Å². The van der Waals surface area contributed by atoms with Crippen LogP contribution in [0.4, 0.5) is 0 Å². The Morgan fingerprint density at radius 3 is 1.44 bits per heavy atom. The predicted octanol–water partition coefficient (Wildman–Crippen LogP) is 7.48. The summed E-state index contributed by atoms with van der Waals surface area (Å²) in [7, 11) is 8.27. The number of ether oxygens (including phenoxy) is 1. The average molecular weight is 1560 g/mol. The van der Waals surface area contributed by atoms with Crippen LogP contribution in [0.2, 0.25) is 0 Å². The van der Waals surface area contributed by atoms with E-state index >= 15 is 47.9 Å². The van der Waals surface area contributed by atoms with Crippen molar-refractivity contribution in [2.45, 2.75) is 238 Å². The molecule has 3 rings (SSSR count). The molecule has 0 bridgehead atoms. The van der Waals surface area contributed by atoms with Gasteiger partial charge in [-0.2, -0.15) is 0 Å². The quantitative estimate of drug-likeness (QED) is 0.0490. The van der Waals surface area contributed by atoms with E-state index in [1.807, 2.05) is 55.4 Å². The molecule has 2 heterocycles. The van der Waals surface area contributed by atoms with Crippen LogP contribution in [0.25, 0.3) is 0 Å². The first kappa shape index (κ1) is 96.6. The number of likely N-dealkylation sites (tertiary alicyclic amines) is 1. The molecule has 1 aromatic rings. The molecule has 12 amide bonds. The molecule has 2 aliphatic rings. The standard InChI is InChI=1S/C86H132N12O14/c1-24-27-30-31-36-43-67-75(101)90-66(54-112-86(15,16)17)81(107)94(20)70(52-62-41-34-32-35-42-62)77(103)88-64(47-56(6)7)80(106)93(19)68(48-57(8)9)78(104)91-74(61(14)99)85(111)95(21)69(50-59(12)39-28-25-2)76(102)89-65(82(108)98-44-37-33-38-45-98)53-73(100)87-63(46-55(4)5)79(105)96(22)71(49-58(10)11)83(109)97(23)72(84(110)92(67)18)51-60(13)40-29-26-3/h24-32,34-36,39-42,55-58,61,63-72,74,99H,1-3,12-13,33,37-38,43-54H2,4-11,14-23H3,(H,87,100)(H,88,103)(H,89,102)(H,90,101)(H,91,104)/b30-27-,36-31+,39-28-,40-29-/t61?,63?,64-,65?,66-,67-,68-,69-,70-,71-,72-,74?/m0/s1. The van der Waals surface area contributed by atoms with E-state index in [0.29, 0.717) is 42.6 Å². The molecule has 0 aromatic heterocycles. The molecule has 26 heteroatoms. The lowest BCUT2D eigenvalue weighted by atomic mass is 9.96. The molecular formula is C86H132N12O14. The minimum absolute atomic E-state index is 0.00103. The minimum atomic E-state index is -1.78. The van der Waals surface area contributed by atoms with Gasteiger partial charge >= 0.3 is 0 Å². The Morgan fingerprint density at radius 1 is 0.491 bits per heavy atom. The number of carbonyl (C=O) groups excluding carboxylic acids is 12. The Balaban J connectivity index is 2.60. The highest BCUT2D eigenvalue weighted by Crippen LogP contribution is 2.26. The van der Waals surface area contributed by atoms with Gasteiger partial charge in [0.2, 0.25) is 70.9 Å². The van der Waals surface area contributed by atoms with Crippen LogP contribution in [0.1, 0.15) is 159 Å². The lowest BCUT2D eigenvalue weighted by molar-refractivity contribution is -0.153. The molecule has 0 saturated carbocycles. The third-order valence-electron chi connectivity index (χ3n) is 19.7. The third kappa shape index (κ3) is 30.8. The lowest BCUT2D eigenvalue weighted by Crippen LogP contribution is -2.63. The monoisotopic (exact) mass is 1560 g/mol. The smallest absolute Gasteiger partial charge is 0.248 e. The van der Waals surface area contributed by atoms with Crippen molar-refractivity contribution >= 4 is 70.9 Å². The average Bonchev–Trinajstić information content (AvgIpc) is 0.644. The Hall–Kier alpha value is -9.56. The fourth-order valence-electron chi connectivity index (χ4n) is 13.4. The van der Waals surface area contributed by atoms with Crippen LogP contribution >= 0.6 is 0 Å².